The number of nitrogens with zero attached hydrogens (tertiary/aromatic N) is 4. The quantitative estimate of drug-likeness (QED) is 0.491. The fourth-order valence-corrected chi connectivity index (χ4v) is 6.70. The van der Waals surface area contributed by atoms with Gasteiger partial charge in [-0.3, -0.25) is 14.3 Å². The van der Waals surface area contributed by atoms with Crippen molar-refractivity contribution < 1.29 is 14.8 Å². The van der Waals surface area contributed by atoms with Gasteiger partial charge in [0.2, 0.25) is 5.88 Å². The molecule has 3 aromatic rings. The second kappa shape index (κ2) is 8.02. The van der Waals surface area contributed by atoms with E-state index in [1.165, 1.54) is 24.2 Å². The summed E-state index contributed by atoms with van der Waals surface area (Å²) in [5, 5.41) is 20.1. The lowest BCUT2D eigenvalue weighted by atomic mass is 9.65. The van der Waals surface area contributed by atoms with Crippen LogP contribution in [-0.4, -0.2) is 33.2 Å². The van der Waals surface area contributed by atoms with Gasteiger partial charge in [0.05, 0.1) is 18.1 Å². The number of aromatic nitrogens is 2. The molecule has 1 saturated heterocycles. The van der Waals surface area contributed by atoms with Crippen LogP contribution >= 0.6 is 15.9 Å². The first kappa shape index (κ1) is 22.2. The molecule has 33 heavy (non-hydrogen) atoms. The molecule has 3 atom stereocenters. The van der Waals surface area contributed by atoms with E-state index in [0.717, 1.165) is 21.9 Å². The molecule has 0 radical (unpaired) electrons. The predicted molar refractivity (Wildman–Crippen MR) is 130 cm³/mol. The molecule has 2 bridgehead atoms. The molecule has 2 aliphatic rings. The Bertz CT molecular complexity index is 1250. The summed E-state index contributed by atoms with van der Waals surface area (Å²) >= 11 is 3.52. The number of nitrogens with one attached hydrogen (secondary N) is 1. The fraction of sp³-hybridized carbons (Fsp3) is 0.440. The number of likely N-dealkylation sites (tertiary alicyclic amines) is 1. The lowest BCUT2D eigenvalue weighted by molar-refractivity contribution is -0.936. The van der Waals surface area contributed by atoms with Crippen molar-refractivity contribution in [2.24, 2.45) is 21.1 Å². The van der Waals surface area contributed by atoms with E-state index < -0.39 is 5.91 Å². The van der Waals surface area contributed by atoms with E-state index in [-0.39, 0.29) is 5.88 Å². The van der Waals surface area contributed by atoms with Crippen molar-refractivity contribution in [3.63, 3.8) is 0 Å². The van der Waals surface area contributed by atoms with Gasteiger partial charge in [0.25, 0.3) is 5.91 Å². The molecule has 8 heteroatoms. The molecule has 1 unspecified atom stereocenters. The highest BCUT2D eigenvalue weighted by Gasteiger charge is 2.52. The van der Waals surface area contributed by atoms with Crippen LogP contribution in [0.15, 0.2) is 57.4 Å². The zero-order valence-corrected chi connectivity index (χ0v) is 20.8. The highest BCUT2D eigenvalue weighted by Crippen LogP contribution is 2.47. The maximum absolute atomic E-state index is 12.4. The van der Waals surface area contributed by atoms with Gasteiger partial charge in [-0.05, 0) is 42.2 Å². The van der Waals surface area contributed by atoms with E-state index in [0.29, 0.717) is 34.8 Å². The summed E-state index contributed by atoms with van der Waals surface area (Å²) in [7, 11) is 0. The normalized spacial score (nSPS) is 26.3. The van der Waals surface area contributed by atoms with Gasteiger partial charge >= 0.3 is 0 Å². The summed E-state index contributed by atoms with van der Waals surface area (Å²) in [5.41, 5.74) is 2.30. The van der Waals surface area contributed by atoms with E-state index in [1.54, 1.807) is 24.5 Å². The van der Waals surface area contributed by atoms with Gasteiger partial charge in [-0.2, -0.15) is 0 Å². The van der Waals surface area contributed by atoms with Crippen LogP contribution < -0.4 is 4.90 Å². The lowest BCUT2D eigenvalue weighted by Crippen LogP contribution is -3.13. The third-order valence-electron chi connectivity index (χ3n) is 7.18. The van der Waals surface area contributed by atoms with Gasteiger partial charge in [0.1, 0.15) is 0 Å². The topological polar surface area (TPSA) is 84.3 Å². The maximum Gasteiger partial charge on any atom is 0.295 e. The number of carbonyl (C=O) groups is 1. The third kappa shape index (κ3) is 4.22. The number of aromatic hydroxyl groups is 1. The zero-order chi connectivity index (χ0) is 23.4. The Morgan fingerprint density at radius 3 is 2.76 bits per heavy atom. The average molecular weight is 511 g/mol. The second-order valence-corrected chi connectivity index (χ2v) is 11.7. The minimum absolute atomic E-state index is 0.0488. The monoisotopic (exact) mass is 510 g/mol. The molecule has 172 valence electrons. The van der Waals surface area contributed by atoms with E-state index >= 15 is 0 Å². The Morgan fingerprint density at radius 2 is 2.00 bits per heavy atom. The van der Waals surface area contributed by atoms with Gasteiger partial charge in [0, 0.05) is 46.1 Å². The molecule has 2 fully saturated rings. The summed E-state index contributed by atoms with van der Waals surface area (Å²) < 4.78 is 2.81. The van der Waals surface area contributed by atoms with E-state index in [4.69, 9.17) is 0 Å². The van der Waals surface area contributed by atoms with Crippen LogP contribution in [0, 0.1) is 10.8 Å². The number of amides is 1. The number of azo groups is 1. The summed E-state index contributed by atoms with van der Waals surface area (Å²) in [6.45, 7) is 8.91. The van der Waals surface area contributed by atoms with Crippen molar-refractivity contribution >= 4 is 38.4 Å². The molecular formula is C25H29BrN5O2+. The van der Waals surface area contributed by atoms with E-state index in [2.05, 4.69) is 51.9 Å². The molecule has 5 rings (SSSR count). The number of hydrogen-bond acceptors (Lipinski definition) is 4. The summed E-state index contributed by atoms with van der Waals surface area (Å²) in [6, 6.07) is 9.62. The van der Waals surface area contributed by atoms with Crippen molar-refractivity contribution in [1.29, 1.82) is 0 Å². The van der Waals surface area contributed by atoms with Crippen LogP contribution in [0.1, 0.15) is 50.4 Å². The molecule has 3 heterocycles. The highest BCUT2D eigenvalue weighted by molar-refractivity contribution is 9.10. The Morgan fingerprint density at radius 1 is 1.24 bits per heavy atom. The number of carbonyl (C=O) groups excluding carboxylic acids is 1. The molecule has 1 amide bonds. The number of pyridine rings is 1. The molecular weight excluding hydrogens is 482 g/mol. The maximum atomic E-state index is 12.4. The van der Waals surface area contributed by atoms with Crippen molar-refractivity contribution in [1.82, 2.24) is 9.55 Å². The molecule has 1 aliphatic heterocycles. The number of hydrogen-bond donors (Lipinski definition) is 2. The van der Waals surface area contributed by atoms with Gasteiger partial charge in [0.15, 0.2) is 12.4 Å². The second-order valence-electron chi connectivity index (χ2n) is 10.8. The zero-order valence-electron chi connectivity index (χ0n) is 19.2. The highest BCUT2D eigenvalue weighted by atomic mass is 79.9. The van der Waals surface area contributed by atoms with Crippen LogP contribution in [0.5, 0.6) is 5.88 Å². The van der Waals surface area contributed by atoms with E-state index in [1.807, 2.05) is 22.8 Å². The van der Waals surface area contributed by atoms with Gasteiger partial charge in [-0.1, -0.05) is 36.7 Å². The standard InChI is InChI=1S/C25H28BrN5O2/c1-24(2)11-18-12-25(3,13-24)14-30(18)15-31-20-5-4-17(26)10-19(20)21(23(31)33)28-29-22(32)16-6-8-27-9-7-16/h4-10,18,33H,11-15H2,1-3H3/p+1/t18-,25-/m1/s1. The summed E-state index contributed by atoms with van der Waals surface area (Å²) in [4.78, 5) is 17.9. The summed E-state index contributed by atoms with van der Waals surface area (Å²) in [6.07, 6.45) is 6.74. The number of quaternary nitrogens is 1. The SMILES string of the molecule is CC1(C)C[C@@H]2C[C@@](C)(C[NH+]2Cn2c(O)c(N=NC(=O)c3ccncc3)c3cc(Br)ccc32)C1. The molecule has 1 aliphatic carbocycles. The summed E-state index contributed by atoms with van der Waals surface area (Å²) in [5.74, 6) is -0.422. The Labute approximate surface area is 201 Å². The fourth-order valence-electron chi connectivity index (χ4n) is 6.34. The molecule has 2 aromatic heterocycles. The van der Waals surface area contributed by atoms with Crippen LogP contribution in [0.4, 0.5) is 5.69 Å². The minimum Gasteiger partial charge on any atom is -0.493 e. The largest absolute Gasteiger partial charge is 0.493 e. The first-order chi connectivity index (χ1) is 15.6. The predicted octanol–water partition coefficient (Wildman–Crippen LogP) is 4.87. The third-order valence-corrected chi connectivity index (χ3v) is 7.67. The van der Waals surface area contributed by atoms with Crippen LogP contribution in [-0.2, 0) is 6.67 Å². The van der Waals surface area contributed by atoms with Crippen molar-refractivity contribution in [3.8, 4) is 5.88 Å². The van der Waals surface area contributed by atoms with Crippen LogP contribution in [0.25, 0.3) is 10.9 Å². The number of halogens is 1. The smallest absolute Gasteiger partial charge is 0.295 e. The first-order valence-electron chi connectivity index (χ1n) is 11.4. The Kier molecular flexibility index (Phi) is 5.40. The molecule has 0 spiro atoms. The minimum atomic E-state index is -0.471. The number of fused-ring (bicyclic) bond motifs is 3. The lowest BCUT2D eigenvalue weighted by Gasteiger charge is -2.37. The molecule has 1 saturated carbocycles. The molecule has 2 N–H and O–H groups in total. The molecule has 1 aromatic carbocycles. The van der Waals surface area contributed by atoms with Gasteiger partial charge in [-0.25, -0.2) is 0 Å². The van der Waals surface area contributed by atoms with E-state index in [9.17, 15) is 9.90 Å². The average Bonchev–Trinajstić information content (AvgIpc) is 3.15. The van der Waals surface area contributed by atoms with Gasteiger partial charge < -0.3 is 10.0 Å². The van der Waals surface area contributed by atoms with Crippen LogP contribution in [0.2, 0.25) is 0 Å². The van der Waals surface area contributed by atoms with Crippen molar-refractivity contribution in [2.45, 2.75) is 52.7 Å². The molecule has 7 nitrogen and oxygen atoms in total. The van der Waals surface area contributed by atoms with Crippen LogP contribution in [0.3, 0.4) is 0 Å². The number of benzene rings is 1. The number of rotatable bonds is 4. The van der Waals surface area contributed by atoms with Crippen molar-refractivity contribution in [2.75, 3.05) is 6.54 Å². The van der Waals surface area contributed by atoms with Crippen molar-refractivity contribution in [3.05, 3.63) is 52.8 Å². The Balaban J connectivity index is 1.50. The van der Waals surface area contributed by atoms with Gasteiger partial charge in [-0.15, -0.1) is 10.2 Å². The Hall–Kier alpha value is -2.58. The first-order valence-corrected chi connectivity index (χ1v) is 12.1.